The second-order valence-corrected chi connectivity index (χ2v) is 3.84. The van der Waals surface area contributed by atoms with Crippen molar-refractivity contribution < 1.29 is 0 Å². The number of imidazole rings is 1. The Labute approximate surface area is 99.9 Å². The maximum absolute atomic E-state index is 4.31. The molecule has 2 heterocycles. The van der Waals surface area contributed by atoms with Crippen molar-refractivity contribution in [1.82, 2.24) is 35.1 Å². The number of hydrogen-bond acceptors (Lipinski definition) is 5. The summed E-state index contributed by atoms with van der Waals surface area (Å²) in [6, 6.07) is 0. The summed E-state index contributed by atoms with van der Waals surface area (Å²) in [5.74, 6) is 1.69. The van der Waals surface area contributed by atoms with Crippen molar-refractivity contribution in [3.63, 3.8) is 0 Å². The Kier molecular flexibility index (Phi) is 3.81. The molecule has 0 aromatic carbocycles. The van der Waals surface area contributed by atoms with Gasteiger partial charge in [-0.1, -0.05) is 6.92 Å². The molecule has 0 aliphatic heterocycles. The Morgan fingerprint density at radius 2 is 2.29 bits per heavy atom. The summed E-state index contributed by atoms with van der Waals surface area (Å²) in [4.78, 5) is 5.77. The SMILES string of the molecule is CCCNCc1nccn1Cc1nnn(C)n1. The summed E-state index contributed by atoms with van der Waals surface area (Å²) in [6.45, 7) is 4.51. The van der Waals surface area contributed by atoms with Crippen LogP contribution in [-0.4, -0.2) is 36.3 Å². The maximum atomic E-state index is 4.31. The van der Waals surface area contributed by atoms with Crippen molar-refractivity contribution in [2.24, 2.45) is 7.05 Å². The predicted octanol–water partition coefficient (Wildman–Crippen LogP) is -0.0455. The van der Waals surface area contributed by atoms with Gasteiger partial charge in [-0.25, -0.2) is 4.98 Å². The molecule has 0 saturated carbocycles. The number of nitrogens with one attached hydrogen (secondary N) is 1. The Hall–Kier alpha value is -1.76. The molecule has 1 N–H and O–H groups in total. The third kappa shape index (κ3) is 3.10. The predicted molar refractivity (Wildman–Crippen MR) is 62.1 cm³/mol. The summed E-state index contributed by atoms with van der Waals surface area (Å²) < 4.78 is 2.03. The van der Waals surface area contributed by atoms with Crippen molar-refractivity contribution in [2.75, 3.05) is 6.54 Å². The molecule has 0 spiro atoms. The molecule has 0 amide bonds. The third-order valence-corrected chi connectivity index (χ3v) is 2.37. The van der Waals surface area contributed by atoms with Gasteiger partial charge in [-0.2, -0.15) is 4.80 Å². The summed E-state index contributed by atoms with van der Waals surface area (Å²) in [5, 5.41) is 15.2. The van der Waals surface area contributed by atoms with E-state index >= 15 is 0 Å². The normalized spacial score (nSPS) is 10.9. The topological polar surface area (TPSA) is 73.5 Å². The van der Waals surface area contributed by atoms with E-state index in [4.69, 9.17) is 0 Å². The van der Waals surface area contributed by atoms with E-state index in [2.05, 4.69) is 32.6 Å². The van der Waals surface area contributed by atoms with E-state index in [1.165, 1.54) is 4.80 Å². The molecule has 0 fully saturated rings. The van der Waals surface area contributed by atoms with E-state index in [0.29, 0.717) is 12.4 Å². The smallest absolute Gasteiger partial charge is 0.194 e. The molecule has 0 bridgehead atoms. The summed E-state index contributed by atoms with van der Waals surface area (Å²) >= 11 is 0. The molecular weight excluding hydrogens is 218 g/mol. The lowest BCUT2D eigenvalue weighted by atomic mass is 10.4. The van der Waals surface area contributed by atoms with E-state index in [1.54, 1.807) is 13.2 Å². The molecule has 2 rings (SSSR count). The summed E-state index contributed by atoms with van der Waals surface area (Å²) in [7, 11) is 1.76. The molecule has 0 aliphatic carbocycles. The fourth-order valence-electron chi connectivity index (χ4n) is 1.57. The van der Waals surface area contributed by atoms with Crippen molar-refractivity contribution in [3.05, 3.63) is 24.0 Å². The van der Waals surface area contributed by atoms with Gasteiger partial charge in [-0.3, -0.25) is 0 Å². The zero-order valence-corrected chi connectivity index (χ0v) is 10.2. The van der Waals surface area contributed by atoms with Crippen LogP contribution in [0.1, 0.15) is 25.0 Å². The first-order valence-electron chi connectivity index (χ1n) is 5.73. The van der Waals surface area contributed by atoms with Crippen LogP contribution in [-0.2, 0) is 20.1 Å². The number of aryl methyl sites for hydroxylation is 1. The van der Waals surface area contributed by atoms with Gasteiger partial charge in [0.15, 0.2) is 5.82 Å². The molecule has 0 radical (unpaired) electrons. The van der Waals surface area contributed by atoms with Crippen LogP contribution < -0.4 is 5.32 Å². The molecule has 7 nitrogen and oxygen atoms in total. The summed E-state index contributed by atoms with van der Waals surface area (Å²) in [6.07, 6.45) is 4.84. The van der Waals surface area contributed by atoms with Crippen molar-refractivity contribution in [3.8, 4) is 0 Å². The maximum Gasteiger partial charge on any atom is 0.194 e. The quantitative estimate of drug-likeness (QED) is 0.711. The Morgan fingerprint density at radius 1 is 1.41 bits per heavy atom. The Balaban J connectivity index is 1.98. The fourth-order valence-corrected chi connectivity index (χ4v) is 1.57. The first-order valence-corrected chi connectivity index (χ1v) is 5.73. The highest BCUT2D eigenvalue weighted by Gasteiger charge is 2.06. The van der Waals surface area contributed by atoms with E-state index < -0.39 is 0 Å². The Morgan fingerprint density at radius 3 is 3.00 bits per heavy atom. The lowest BCUT2D eigenvalue weighted by Gasteiger charge is -2.05. The average Bonchev–Trinajstić information content (AvgIpc) is 2.90. The van der Waals surface area contributed by atoms with Crippen LogP contribution in [0.4, 0.5) is 0 Å². The standard InChI is InChI=1S/C10H17N7/c1-3-4-11-7-10-12-5-6-17(10)8-9-13-15-16(2)14-9/h5-6,11H,3-4,7-8H2,1-2H3. The van der Waals surface area contributed by atoms with Crippen molar-refractivity contribution in [2.45, 2.75) is 26.4 Å². The van der Waals surface area contributed by atoms with Gasteiger partial charge in [0.25, 0.3) is 0 Å². The molecule has 17 heavy (non-hydrogen) atoms. The molecule has 92 valence electrons. The first kappa shape index (κ1) is 11.7. The second kappa shape index (κ2) is 5.53. The lowest BCUT2D eigenvalue weighted by molar-refractivity contribution is 0.602. The highest BCUT2D eigenvalue weighted by Crippen LogP contribution is 2.00. The second-order valence-electron chi connectivity index (χ2n) is 3.84. The molecule has 0 aliphatic rings. The van der Waals surface area contributed by atoms with Gasteiger partial charge in [0.2, 0.25) is 0 Å². The van der Waals surface area contributed by atoms with Crippen LogP contribution in [0.3, 0.4) is 0 Å². The zero-order chi connectivity index (χ0) is 12.1. The van der Waals surface area contributed by atoms with Crippen LogP contribution >= 0.6 is 0 Å². The summed E-state index contributed by atoms with van der Waals surface area (Å²) in [5.41, 5.74) is 0. The minimum absolute atomic E-state index is 0.608. The van der Waals surface area contributed by atoms with Crippen molar-refractivity contribution in [1.29, 1.82) is 0 Å². The number of rotatable bonds is 6. The van der Waals surface area contributed by atoms with Gasteiger partial charge in [-0.15, -0.1) is 10.2 Å². The van der Waals surface area contributed by atoms with Crippen LogP contribution in [0.2, 0.25) is 0 Å². The molecule has 0 unspecified atom stereocenters. The highest BCUT2D eigenvalue weighted by atomic mass is 15.6. The van der Waals surface area contributed by atoms with Gasteiger partial charge in [-0.05, 0) is 18.2 Å². The van der Waals surface area contributed by atoms with Gasteiger partial charge in [0.05, 0.1) is 20.1 Å². The van der Waals surface area contributed by atoms with Crippen molar-refractivity contribution >= 4 is 0 Å². The van der Waals surface area contributed by atoms with Gasteiger partial charge in [0, 0.05) is 12.4 Å². The monoisotopic (exact) mass is 235 g/mol. The first-order chi connectivity index (χ1) is 8.29. The fraction of sp³-hybridized carbons (Fsp3) is 0.600. The van der Waals surface area contributed by atoms with Crippen LogP contribution in [0.15, 0.2) is 12.4 Å². The number of nitrogens with zero attached hydrogens (tertiary/aromatic N) is 6. The minimum atomic E-state index is 0.608. The van der Waals surface area contributed by atoms with E-state index in [0.717, 1.165) is 25.3 Å². The number of tetrazole rings is 1. The molecule has 7 heteroatoms. The van der Waals surface area contributed by atoms with Gasteiger partial charge in [0.1, 0.15) is 5.82 Å². The van der Waals surface area contributed by atoms with Gasteiger partial charge < -0.3 is 9.88 Å². The molecule has 0 atom stereocenters. The van der Waals surface area contributed by atoms with E-state index in [-0.39, 0.29) is 0 Å². The minimum Gasteiger partial charge on any atom is -0.326 e. The van der Waals surface area contributed by atoms with Crippen LogP contribution in [0, 0.1) is 0 Å². The van der Waals surface area contributed by atoms with Crippen LogP contribution in [0.25, 0.3) is 0 Å². The number of aromatic nitrogens is 6. The number of hydrogen-bond donors (Lipinski definition) is 1. The average molecular weight is 235 g/mol. The highest BCUT2D eigenvalue weighted by molar-refractivity contribution is 4.95. The van der Waals surface area contributed by atoms with Gasteiger partial charge >= 0.3 is 0 Å². The Bertz CT molecular complexity index is 459. The zero-order valence-electron chi connectivity index (χ0n) is 10.2. The molecular formula is C10H17N7. The van der Waals surface area contributed by atoms with E-state index in [9.17, 15) is 0 Å². The molecule has 2 aromatic heterocycles. The van der Waals surface area contributed by atoms with E-state index in [1.807, 2.05) is 10.8 Å². The van der Waals surface area contributed by atoms with Crippen LogP contribution in [0.5, 0.6) is 0 Å². The third-order valence-electron chi connectivity index (χ3n) is 2.37. The largest absolute Gasteiger partial charge is 0.326 e. The lowest BCUT2D eigenvalue weighted by Crippen LogP contribution is -2.18. The molecule has 0 saturated heterocycles. The molecule has 2 aromatic rings.